The molecule has 2 aromatic carbocycles. The highest BCUT2D eigenvalue weighted by atomic mass is 32.2. The van der Waals surface area contributed by atoms with Gasteiger partial charge in [-0.3, -0.25) is 4.79 Å². The fourth-order valence-corrected chi connectivity index (χ4v) is 3.04. The summed E-state index contributed by atoms with van der Waals surface area (Å²) in [5.74, 6) is -1.03. The number of anilines is 1. The second-order valence-corrected chi connectivity index (χ2v) is 6.96. The largest absolute Gasteiger partial charge is 0.322 e. The van der Waals surface area contributed by atoms with Crippen molar-refractivity contribution in [1.29, 1.82) is 0 Å². The Labute approximate surface area is 142 Å². The summed E-state index contributed by atoms with van der Waals surface area (Å²) >= 11 is 0. The van der Waals surface area contributed by atoms with Gasteiger partial charge in [0.2, 0.25) is 10.0 Å². The van der Waals surface area contributed by atoms with Crippen molar-refractivity contribution in [2.75, 3.05) is 11.9 Å². The van der Waals surface area contributed by atoms with E-state index < -0.39 is 34.7 Å². The zero-order valence-corrected chi connectivity index (χ0v) is 13.9. The van der Waals surface area contributed by atoms with Crippen LogP contribution in [0.1, 0.15) is 15.9 Å². The Morgan fingerprint density at radius 2 is 1.88 bits per heavy atom. The summed E-state index contributed by atoms with van der Waals surface area (Å²) in [6, 6.07) is 8.94. The monoisotopic (exact) mass is 372 g/mol. The van der Waals surface area contributed by atoms with Crippen molar-refractivity contribution in [2.45, 2.75) is 18.2 Å². The van der Waals surface area contributed by atoms with Crippen LogP contribution in [0, 0.1) is 12.7 Å². The average molecular weight is 372 g/mol. The molecule has 2 aromatic rings. The molecule has 25 heavy (non-hydrogen) atoms. The van der Waals surface area contributed by atoms with Crippen molar-refractivity contribution >= 4 is 21.6 Å². The minimum absolute atomic E-state index is 0.0156. The van der Waals surface area contributed by atoms with Crippen molar-refractivity contribution < 1.29 is 26.4 Å². The molecule has 2 rings (SSSR count). The molecule has 5 nitrogen and oxygen atoms in total. The number of halogens is 3. The zero-order valence-electron chi connectivity index (χ0n) is 13.1. The van der Waals surface area contributed by atoms with Gasteiger partial charge in [-0.05, 0) is 48.9 Å². The van der Waals surface area contributed by atoms with Crippen LogP contribution in [0.25, 0.3) is 0 Å². The van der Waals surface area contributed by atoms with Crippen LogP contribution < -0.4 is 10.0 Å². The molecule has 0 aromatic heterocycles. The van der Waals surface area contributed by atoms with Gasteiger partial charge in [-0.25, -0.2) is 26.3 Å². The van der Waals surface area contributed by atoms with Gasteiger partial charge in [0.15, 0.2) is 0 Å². The lowest BCUT2D eigenvalue weighted by Gasteiger charge is -2.09. The van der Waals surface area contributed by atoms with Crippen LogP contribution in [0.15, 0.2) is 47.4 Å². The molecule has 1 amide bonds. The number of hydrogen-bond donors (Lipinski definition) is 2. The lowest BCUT2D eigenvalue weighted by Crippen LogP contribution is -2.28. The third kappa shape index (κ3) is 5.04. The second-order valence-electron chi connectivity index (χ2n) is 5.19. The molecule has 0 aliphatic rings. The average Bonchev–Trinajstić information content (AvgIpc) is 2.56. The SMILES string of the molecule is Cc1cc(NC(=O)c2cccc(S(=O)(=O)NCC(F)F)c2)ccc1F. The van der Waals surface area contributed by atoms with E-state index in [1.165, 1.54) is 43.3 Å². The zero-order chi connectivity index (χ0) is 18.6. The van der Waals surface area contributed by atoms with Gasteiger partial charge in [-0.2, -0.15) is 0 Å². The van der Waals surface area contributed by atoms with Gasteiger partial charge < -0.3 is 5.32 Å². The van der Waals surface area contributed by atoms with E-state index in [1.54, 1.807) is 4.72 Å². The molecular formula is C16H15F3N2O3S. The number of carbonyl (C=O) groups excluding carboxylic acids is 1. The molecule has 0 aliphatic carbocycles. The van der Waals surface area contributed by atoms with E-state index in [1.807, 2.05) is 0 Å². The third-order valence-corrected chi connectivity index (χ3v) is 4.67. The van der Waals surface area contributed by atoms with Crippen molar-refractivity contribution in [3.05, 3.63) is 59.4 Å². The van der Waals surface area contributed by atoms with Crippen LogP contribution >= 0.6 is 0 Å². The fourth-order valence-electron chi connectivity index (χ4n) is 1.99. The molecule has 134 valence electrons. The first-order valence-electron chi connectivity index (χ1n) is 7.14. The topological polar surface area (TPSA) is 75.3 Å². The summed E-state index contributed by atoms with van der Waals surface area (Å²) in [5, 5.41) is 2.51. The van der Waals surface area contributed by atoms with Gasteiger partial charge >= 0.3 is 0 Å². The number of sulfonamides is 1. The molecule has 0 spiro atoms. The summed E-state index contributed by atoms with van der Waals surface area (Å²) in [5.41, 5.74) is 0.695. The third-order valence-electron chi connectivity index (χ3n) is 3.25. The molecule has 0 aliphatic heterocycles. The van der Waals surface area contributed by atoms with Crippen molar-refractivity contribution in [2.24, 2.45) is 0 Å². The summed E-state index contributed by atoms with van der Waals surface area (Å²) in [6.45, 7) is 0.514. The second kappa shape index (κ2) is 7.66. The number of carbonyl (C=O) groups is 1. The lowest BCUT2D eigenvalue weighted by atomic mass is 10.2. The number of nitrogens with one attached hydrogen (secondary N) is 2. The van der Waals surface area contributed by atoms with Gasteiger partial charge in [-0.1, -0.05) is 6.07 Å². The fraction of sp³-hybridized carbons (Fsp3) is 0.188. The maximum atomic E-state index is 13.2. The van der Waals surface area contributed by atoms with E-state index in [0.29, 0.717) is 11.3 Å². The molecule has 0 bridgehead atoms. The Balaban J connectivity index is 2.19. The first-order valence-corrected chi connectivity index (χ1v) is 8.63. The maximum Gasteiger partial charge on any atom is 0.255 e. The van der Waals surface area contributed by atoms with Gasteiger partial charge in [0.1, 0.15) is 5.82 Å². The van der Waals surface area contributed by atoms with E-state index in [0.717, 1.165) is 6.07 Å². The summed E-state index contributed by atoms with van der Waals surface area (Å²) in [4.78, 5) is 11.9. The van der Waals surface area contributed by atoms with E-state index in [4.69, 9.17) is 0 Å². The summed E-state index contributed by atoms with van der Waals surface area (Å²) in [6.07, 6.45) is -2.83. The highest BCUT2D eigenvalue weighted by Gasteiger charge is 2.18. The van der Waals surface area contributed by atoms with E-state index >= 15 is 0 Å². The van der Waals surface area contributed by atoms with Gasteiger partial charge in [0, 0.05) is 11.3 Å². The molecular weight excluding hydrogens is 357 g/mol. The van der Waals surface area contributed by atoms with Crippen LogP contribution in [0.5, 0.6) is 0 Å². The molecule has 0 radical (unpaired) electrons. The predicted molar refractivity (Wildman–Crippen MR) is 86.7 cm³/mol. The highest BCUT2D eigenvalue weighted by molar-refractivity contribution is 7.89. The van der Waals surface area contributed by atoms with Crippen molar-refractivity contribution in [3.63, 3.8) is 0 Å². The number of alkyl halides is 2. The Morgan fingerprint density at radius 1 is 1.16 bits per heavy atom. The van der Waals surface area contributed by atoms with Gasteiger partial charge in [0.05, 0.1) is 11.4 Å². The Bertz CT molecular complexity index is 886. The quantitative estimate of drug-likeness (QED) is 0.819. The normalized spacial score (nSPS) is 11.6. The maximum absolute atomic E-state index is 13.2. The van der Waals surface area contributed by atoms with Crippen molar-refractivity contribution in [3.8, 4) is 0 Å². The molecule has 0 atom stereocenters. The molecule has 2 N–H and O–H groups in total. The smallest absolute Gasteiger partial charge is 0.255 e. The Hall–Kier alpha value is -2.39. The van der Waals surface area contributed by atoms with Gasteiger partial charge in [0.25, 0.3) is 12.3 Å². The number of benzene rings is 2. The van der Waals surface area contributed by atoms with E-state index in [-0.39, 0.29) is 10.5 Å². The summed E-state index contributed by atoms with van der Waals surface area (Å²) < 4.78 is 63.2. The van der Waals surface area contributed by atoms with Crippen LogP contribution in [0.4, 0.5) is 18.9 Å². The molecule has 0 heterocycles. The lowest BCUT2D eigenvalue weighted by molar-refractivity contribution is 0.102. The Morgan fingerprint density at radius 3 is 2.52 bits per heavy atom. The molecule has 0 saturated heterocycles. The number of aryl methyl sites for hydroxylation is 1. The first kappa shape index (κ1) is 18.9. The van der Waals surface area contributed by atoms with Crippen LogP contribution in [-0.2, 0) is 10.0 Å². The van der Waals surface area contributed by atoms with E-state index in [9.17, 15) is 26.4 Å². The van der Waals surface area contributed by atoms with Gasteiger partial charge in [-0.15, -0.1) is 0 Å². The molecule has 0 unspecified atom stereocenters. The van der Waals surface area contributed by atoms with Crippen LogP contribution in [0.3, 0.4) is 0 Å². The highest BCUT2D eigenvalue weighted by Crippen LogP contribution is 2.16. The van der Waals surface area contributed by atoms with E-state index in [2.05, 4.69) is 5.32 Å². The van der Waals surface area contributed by atoms with Crippen LogP contribution in [0.2, 0.25) is 0 Å². The minimum Gasteiger partial charge on any atom is -0.322 e. The number of hydrogen-bond acceptors (Lipinski definition) is 3. The molecule has 9 heteroatoms. The minimum atomic E-state index is -4.16. The molecule has 0 saturated carbocycles. The molecule has 0 fully saturated rings. The Kier molecular flexibility index (Phi) is 5.81. The first-order chi connectivity index (χ1) is 11.7. The summed E-state index contributed by atoms with van der Waals surface area (Å²) in [7, 11) is -4.16. The standard InChI is InChI=1S/C16H15F3N2O3S/c1-10-7-12(5-6-14(10)17)21-16(22)11-3-2-4-13(8-11)25(23,24)20-9-15(18)19/h2-8,15,20H,9H2,1H3,(H,21,22). The van der Waals surface area contributed by atoms with Crippen LogP contribution in [-0.4, -0.2) is 27.3 Å². The van der Waals surface area contributed by atoms with Crippen molar-refractivity contribution in [1.82, 2.24) is 4.72 Å². The number of rotatable bonds is 6. The number of amides is 1. The predicted octanol–water partition coefficient (Wildman–Crippen LogP) is 2.93.